The average Bonchev–Trinajstić information content (AvgIpc) is 2.37. The minimum absolute atomic E-state index is 0.0758. The number of hydrogen-bond donors (Lipinski definition) is 1. The van der Waals surface area contributed by atoms with E-state index in [1.165, 1.54) is 12.3 Å². The molecule has 1 aliphatic heterocycles. The van der Waals surface area contributed by atoms with Crippen LogP contribution >= 0.6 is 0 Å². The standard InChI is InChI=1S/C11H16N2O4S/c1-18(14,15)10-3-2-4-13-11(10)17-8-9-7-12-5-6-16-9/h2-4,9,12H,5-8H2,1H3. The van der Waals surface area contributed by atoms with Crippen molar-refractivity contribution in [2.24, 2.45) is 0 Å². The SMILES string of the molecule is CS(=O)(=O)c1cccnc1OCC1CNCCO1. The van der Waals surface area contributed by atoms with Crippen LogP contribution in [0, 0.1) is 0 Å². The van der Waals surface area contributed by atoms with Gasteiger partial charge in [-0.1, -0.05) is 0 Å². The second kappa shape index (κ2) is 5.64. The van der Waals surface area contributed by atoms with Gasteiger partial charge in [-0.05, 0) is 12.1 Å². The van der Waals surface area contributed by atoms with Crippen molar-refractivity contribution in [3.8, 4) is 5.88 Å². The number of sulfone groups is 1. The van der Waals surface area contributed by atoms with E-state index in [1.807, 2.05) is 0 Å². The molecule has 1 aromatic heterocycles. The minimum Gasteiger partial charge on any atom is -0.474 e. The zero-order chi connectivity index (χ0) is 13.0. The van der Waals surface area contributed by atoms with E-state index in [2.05, 4.69) is 10.3 Å². The van der Waals surface area contributed by atoms with Crippen molar-refractivity contribution < 1.29 is 17.9 Å². The lowest BCUT2D eigenvalue weighted by Crippen LogP contribution is -2.41. The first-order chi connectivity index (χ1) is 8.57. The molecule has 0 radical (unpaired) electrons. The predicted molar refractivity (Wildman–Crippen MR) is 65.5 cm³/mol. The molecular weight excluding hydrogens is 256 g/mol. The zero-order valence-corrected chi connectivity index (χ0v) is 10.9. The summed E-state index contributed by atoms with van der Waals surface area (Å²) in [5.74, 6) is 0.133. The van der Waals surface area contributed by atoms with Crippen LogP contribution in [0.2, 0.25) is 0 Å². The van der Waals surface area contributed by atoms with E-state index in [-0.39, 0.29) is 23.5 Å². The highest BCUT2D eigenvalue weighted by Crippen LogP contribution is 2.20. The molecule has 18 heavy (non-hydrogen) atoms. The van der Waals surface area contributed by atoms with Gasteiger partial charge in [0, 0.05) is 25.5 Å². The first kappa shape index (κ1) is 13.3. The summed E-state index contributed by atoms with van der Waals surface area (Å²) in [6, 6.07) is 3.06. The molecule has 0 spiro atoms. The molecule has 0 aliphatic carbocycles. The van der Waals surface area contributed by atoms with Crippen LogP contribution < -0.4 is 10.1 Å². The quantitative estimate of drug-likeness (QED) is 0.821. The third-order valence-corrected chi connectivity index (χ3v) is 3.66. The van der Waals surface area contributed by atoms with E-state index < -0.39 is 9.84 Å². The molecule has 6 nitrogen and oxygen atoms in total. The molecule has 0 amide bonds. The molecule has 0 saturated carbocycles. The number of ether oxygens (including phenoxy) is 2. The molecule has 100 valence electrons. The lowest BCUT2D eigenvalue weighted by atomic mass is 10.3. The third kappa shape index (κ3) is 3.41. The summed E-state index contributed by atoms with van der Waals surface area (Å²) in [5, 5.41) is 3.17. The second-order valence-corrected chi connectivity index (χ2v) is 6.07. The zero-order valence-electron chi connectivity index (χ0n) is 10.1. The fourth-order valence-corrected chi connectivity index (χ4v) is 2.42. The van der Waals surface area contributed by atoms with E-state index in [4.69, 9.17) is 9.47 Å². The minimum atomic E-state index is -3.33. The molecule has 2 rings (SSSR count). The Hall–Kier alpha value is -1.18. The Morgan fingerprint density at radius 3 is 3.11 bits per heavy atom. The fraction of sp³-hybridized carbons (Fsp3) is 0.545. The lowest BCUT2D eigenvalue weighted by molar-refractivity contribution is -0.00140. The summed E-state index contributed by atoms with van der Waals surface area (Å²) in [6.45, 7) is 2.44. The van der Waals surface area contributed by atoms with Gasteiger partial charge in [-0.25, -0.2) is 13.4 Å². The van der Waals surface area contributed by atoms with E-state index in [0.717, 1.165) is 12.8 Å². The molecule has 1 saturated heterocycles. The van der Waals surface area contributed by atoms with Crippen molar-refractivity contribution >= 4 is 9.84 Å². The summed E-state index contributed by atoms with van der Waals surface area (Å²) < 4.78 is 34.0. The monoisotopic (exact) mass is 272 g/mol. The third-order valence-electron chi connectivity index (χ3n) is 2.55. The van der Waals surface area contributed by atoms with Gasteiger partial charge in [0.1, 0.15) is 17.6 Å². The number of nitrogens with zero attached hydrogens (tertiary/aromatic N) is 1. The molecule has 1 aromatic rings. The van der Waals surface area contributed by atoms with Crippen LogP contribution in [-0.2, 0) is 14.6 Å². The van der Waals surface area contributed by atoms with Gasteiger partial charge in [0.25, 0.3) is 0 Å². The number of morpholine rings is 1. The van der Waals surface area contributed by atoms with E-state index in [9.17, 15) is 8.42 Å². The molecule has 1 unspecified atom stereocenters. The van der Waals surface area contributed by atoms with Crippen LogP contribution in [0.3, 0.4) is 0 Å². The second-order valence-electron chi connectivity index (χ2n) is 4.09. The highest BCUT2D eigenvalue weighted by Gasteiger charge is 2.18. The normalized spacial score (nSPS) is 20.6. The first-order valence-corrected chi connectivity index (χ1v) is 7.57. The van der Waals surface area contributed by atoms with Crippen LogP contribution in [-0.4, -0.2) is 52.1 Å². The summed E-state index contributed by atoms with van der Waals surface area (Å²) in [7, 11) is -3.33. The Morgan fingerprint density at radius 2 is 2.44 bits per heavy atom. The van der Waals surface area contributed by atoms with Crippen LogP contribution in [0.5, 0.6) is 5.88 Å². The van der Waals surface area contributed by atoms with Crippen LogP contribution in [0.15, 0.2) is 23.2 Å². The van der Waals surface area contributed by atoms with Crippen molar-refractivity contribution in [3.05, 3.63) is 18.3 Å². The molecule has 1 aliphatic rings. The predicted octanol–water partition coefficient (Wildman–Crippen LogP) is -0.148. The van der Waals surface area contributed by atoms with Crippen molar-refractivity contribution in [2.45, 2.75) is 11.0 Å². The Morgan fingerprint density at radius 1 is 1.61 bits per heavy atom. The Labute approximate surface area is 106 Å². The smallest absolute Gasteiger partial charge is 0.232 e. The van der Waals surface area contributed by atoms with Gasteiger partial charge in [0.15, 0.2) is 9.84 Å². The summed E-state index contributed by atoms with van der Waals surface area (Å²) in [5.41, 5.74) is 0. The van der Waals surface area contributed by atoms with Gasteiger partial charge in [-0.2, -0.15) is 0 Å². The van der Waals surface area contributed by atoms with Gasteiger partial charge < -0.3 is 14.8 Å². The lowest BCUT2D eigenvalue weighted by Gasteiger charge is -2.23. The summed E-state index contributed by atoms with van der Waals surface area (Å²) in [6.07, 6.45) is 2.56. The van der Waals surface area contributed by atoms with Crippen molar-refractivity contribution in [3.63, 3.8) is 0 Å². The van der Waals surface area contributed by atoms with Gasteiger partial charge in [-0.15, -0.1) is 0 Å². The van der Waals surface area contributed by atoms with Gasteiger partial charge in [-0.3, -0.25) is 0 Å². The molecule has 2 heterocycles. The van der Waals surface area contributed by atoms with Crippen molar-refractivity contribution in [1.82, 2.24) is 10.3 Å². The topological polar surface area (TPSA) is 77.5 Å². The fourth-order valence-electron chi connectivity index (χ4n) is 1.67. The van der Waals surface area contributed by atoms with E-state index in [0.29, 0.717) is 13.2 Å². The first-order valence-electron chi connectivity index (χ1n) is 5.67. The number of pyridine rings is 1. The van der Waals surface area contributed by atoms with Crippen LogP contribution in [0.25, 0.3) is 0 Å². The molecule has 0 bridgehead atoms. The molecular formula is C11H16N2O4S. The maximum absolute atomic E-state index is 11.5. The molecule has 1 N–H and O–H groups in total. The van der Waals surface area contributed by atoms with Crippen LogP contribution in [0.1, 0.15) is 0 Å². The molecule has 0 aromatic carbocycles. The molecule has 7 heteroatoms. The summed E-state index contributed by atoms with van der Waals surface area (Å²) in [4.78, 5) is 4.06. The highest BCUT2D eigenvalue weighted by molar-refractivity contribution is 7.90. The maximum Gasteiger partial charge on any atom is 0.232 e. The van der Waals surface area contributed by atoms with Gasteiger partial charge in [0.2, 0.25) is 5.88 Å². The molecule has 1 fully saturated rings. The summed E-state index contributed by atoms with van der Waals surface area (Å²) >= 11 is 0. The number of rotatable bonds is 4. The van der Waals surface area contributed by atoms with E-state index in [1.54, 1.807) is 6.07 Å². The van der Waals surface area contributed by atoms with Gasteiger partial charge in [0.05, 0.1) is 6.61 Å². The van der Waals surface area contributed by atoms with Crippen molar-refractivity contribution in [2.75, 3.05) is 32.6 Å². The maximum atomic E-state index is 11.5. The Kier molecular flexibility index (Phi) is 4.15. The molecule has 1 atom stereocenters. The number of nitrogens with one attached hydrogen (secondary N) is 1. The number of hydrogen-bond acceptors (Lipinski definition) is 6. The Bertz CT molecular complexity index is 498. The average molecular weight is 272 g/mol. The van der Waals surface area contributed by atoms with E-state index >= 15 is 0 Å². The van der Waals surface area contributed by atoms with Crippen molar-refractivity contribution in [1.29, 1.82) is 0 Å². The van der Waals surface area contributed by atoms with Gasteiger partial charge >= 0.3 is 0 Å². The largest absolute Gasteiger partial charge is 0.474 e. The Balaban J connectivity index is 2.05. The van der Waals surface area contributed by atoms with Crippen LogP contribution in [0.4, 0.5) is 0 Å². The highest BCUT2D eigenvalue weighted by atomic mass is 32.2. The number of aromatic nitrogens is 1.